The number of rotatable bonds is 3. The Kier molecular flexibility index (Phi) is 4.30. The van der Waals surface area contributed by atoms with Crippen LogP contribution in [0.1, 0.15) is 47.0 Å². The highest BCUT2D eigenvalue weighted by molar-refractivity contribution is 8.13. The number of nitrogens with one attached hydrogen (secondary N) is 1. The van der Waals surface area contributed by atoms with E-state index in [1.807, 2.05) is 11.8 Å². The first-order valence-corrected chi connectivity index (χ1v) is 6.51. The average Bonchev–Trinajstić information content (AvgIpc) is 2.02. The number of thioether (sulfide) groups is 1. The molecule has 0 saturated carbocycles. The molecule has 1 aliphatic heterocycles. The molecule has 0 amide bonds. The van der Waals surface area contributed by atoms with E-state index in [1.54, 1.807) is 0 Å². The summed E-state index contributed by atoms with van der Waals surface area (Å²) in [6.07, 6.45) is 3.62. The number of aliphatic imine (C=N–C) groups is 1. The van der Waals surface area contributed by atoms with Crippen LogP contribution in [0.25, 0.3) is 0 Å². The number of amidine groups is 1. The zero-order valence-electron chi connectivity index (χ0n) is 9.76. The fourth-order valence-electron chi connectivity index (χ4n) is 1.67. The van der Waals surface area contributed by atoms with Gasteiger partial charge in [-0.25, -0.2) is 0 Å². The molecule has 0 aromatic carbocycles. The van der Waals surface area contributed by atoms with Crippen LogP contribution in [0.5, 0.6) is 0 Å². The molecule has 0 fully saturated rings. The van der Waals surface area contributed by atoms with Crippen molar-refractivity contribution < 1.29 is 0 Å². The van der Waals surface area contributed by atoms with Crippen LogP contribution in [0.2, 0.25) is 0 Å². The molecule has 3 heteroatoms. The highest BCUT2D eigenvalue weighted by Crippen LogP contribution is 2.19. The van der Waals surface area contributed by atoms with Crippen molar-refractivity contribution in [3.8, 4) is 0 Å². The Morgan fingerprint density at radius 1 is 1.57 bits per heavy atom. The molecule has 0 aromatic heterocycles. The van der Waals surface area contributed by atoms with Gasteiger partial charge in [-0.3, -0.25) is 4.99 Å². The topological polar surface area (TPSA) is 24.4 Å². The molecule has 82 valence electrons. The fourth-order valence-corrected chi connectivity index (χ4v) is 2.93. The van der Waals surface area contributed by atoms with Crippen molar-refractivity contribution in [2.45, 2.75) is 58.5 Å². The van der Waals surface area contributed by atoms with E-state index in [9.17, 15) is 0 Å². The van der Waals surface area contributed by atoms with Crippen molar-refractivity contribution in [3.63, 3.8) is 0 Å². The van der Waals surface area contributed by atoms with Gasteiger partial charge in [0, 0.05) is 11.3 Å². The van der Waals surface area contributed by atoms with Crippen molar-refractivity contribution >= 4 is 16.9 Å². The summed E-state index contributed by atoms with van der Waals surface area (Å²) in [4.78, 5) is 4.62. The molecule has 0 aromatic rings. The summed E-state index contributed by atoms with van der Waals surface area (Å²) < 4.78 is 0. The van der Waals surface area contributed by atoms with Gasteiger partial charge in [-0.05, 0) is 33.6 Å². The average molecular weight is 214 g/mol. The Morgan fingerprint density at radius 2 is 2.29 bits per heavy atom. The molecule has 1 N–H and O–H groups in total. The van der Waals surface area contributed by atoms with Crippen molar-refractivity contribution in [2.75, 3.05) is 5.75 Å². The Balaban J connectivity index is 2.50. The highest BCUT2D eigenvalue weighted by Gasteiger charge is 2.20. The van der Waals surface area contributed by atoms with Gasteiger partial charge in [-0.2, -0.15) is 0 Å². The minimum atomic E-state index is 0.192. The van der Waals surface area contributed by atoms with E-state index in [0.717, 1.165) is 5.17 Å². The van der Waals surface area contributed by atoms with Crippen molar-refractivity contribution in [3.05, 3.63) is 0 Å². The zero-order valence-corrected chi connectivity index (χ0v) is 10.6. The summed E-state index contributed by atoms with van der Waals surface area (Å²) in [5.74, 6) is 1.20. The summed E-state index contributed by atoms with van der Waals surface area (Å²) >= 11 is 1.86. The molecule has 0 radical (unpaired) electrons. The standard InChI is InChI=1S/C11H22N2S/c1-5-7-11(3,4)13-10-12-9(2)6-8-14-10/h9H,5-8H2,1-4H3,(H,12,13). The van der Waals surface area contributed by atoms with Crippen LogP contribution < -0.4 is 5.32 Å². The summed E-state index contributed by atoms with van der Waals surface area (Å²) in [5.41, 5.74) is 0.192. The van der Waals surface area contributed by atoms with Gasteiger partial charge in [0.05, 0.1) is 6.04 Å². The molecule has 2 nitrogen and oxygen atoms in total. The molecule has 1 atom stereocenters. The number of hydrogen-bond acceptors (Lipinski definition) is 3. The van der Waals surface area contributed by atoms with Crippen LogP contribution >= 0.6 is 11.8 Å². The largest absolute Gasteiger partial charge is 0.360 e. The molecule has 0 bridgehead atoms. The number of hydrogen-bond donors (Lipinski definition) is 1. The fraction of sp³-hybridized carbons (Fsp3) is 0.909. The molecule has 1 aliphatic rings. The zero-order chi connectivity index (χ0) is 10.6. The summed E-state index contributed by atoms with van der Waals surface area (Å²) in [6, 6.07) is 0.496. The van der Waals surface area contributed by atoms with E-state index in [2.05, 4.69) is 38.0 Å². The smallest absolute Gasteiger partial charge is 0.157 e. The van der Waals surface area contributed by atoms with Gasteiger partial charge in [-0.1, -0.05) is 25.1 Å². The normalized spacial score (nSPS) is 23.1. The van der Waals surface area contributed by atoms with E-state index < -0.39 is 0 Å². The molecule has 1 heterocycles. The molecule has 0 spiro atoms. The second kappa shape index (κ2) is 5.06. The third kappa shape index (κ3) is 3.91. The maximum atomic E-state index is 4.62. The van der Waals surface area contributed by atoms with E-state index in [1.165, 1.54) is 25.0 Å². The van der Waals surface area contributed by atoms with Gasteiger partial charge >= 0.3 is 0 Å². The Labute approximate surface area is 92.0 Å². The van der Waals surface area contributed by atoms with Crippen molar-refractivity contribution in [1.29, 1.82) is 0 Å². The van der Waals surface area contributed by atoms with E-state index >= 15 is 0 Å². The van der Waals surface area contributed by atoms with Gasteiger partial charge in [0.25, 0.3) is 0 Å². The second-order valence-corrected chi connectivity index (χ2v) is 5.76. The maximum Gasteiger partial charge on any atom is 0.157 e. The van der Waals surface area contributed by atoms with E-state index in [0.29, 0.717) is 6.04 Å². The third-order valence-electron chi connectivity index (χ3n) is 2.43. The first kappa shape index (κ1) is 11.9. The van der Waals surface area contributed by atoms with Crippen LogP contribution in [0.3, 0.4) is 0 Å². The molecule has 14 heavy (non-hydrogen) atoms. The Hall–Kier alpha value is -0.180. The minimum Gasteiger partial charge on any atom is -0.360 e. The van der Waals surface area contributed by atoms with E-state index in [-0.39, 0.29) is 5.54 Å². The highest BCUT2D eigenvalue weighted by atomic mass is 32.2. The molecule has 0 saturated heterocycles. The summed E-state index contributed by atoms with van der Waals surface area (Å²) in [7, 11) is 0. The molecular formula is C11H22N2S. The van der Waals surface area contributed by atoms with Gasteiger partial charge in [0.1, 0.15) is 0 Å². The van der Waals surface area contributed by atoms with Gasteiger partial charge in [0.15, 0.2) is 5.17 Å². The predicted octanol–water partition coefficient (Wildman–Crippen LogP) is 3.04. The second-order valence-electron chi connectivity index (χ2n) is 4.68. The molecule has 0 aliphatic carbocycles. The maximum absolute atomic E-state index is 4.62. The van der Waals surface area contributed by atoms with Gasteiger partial charge < -0.3 is 5.32 Å². The SMILES string of the molecule is CCCC(C)(C)NC1=NC(C)CCS1. The lowest BCUT2D eigenvalue weighted by Gasteiger charge is -2.29. The molecule has 1 unspecified atom stereocenters. The minimum absolute atomic E-state index is 0.192. The summed E-state index contributed by atoms with van der Waals surface area (Å²) in [5, 5.41) is 4.68. The third-order valence-corrected chi connectivity index (χ3v) is 3.35. The molecule has 1 rings (SSSR count). The molecular weight excluding hydrogens is 192 g/mol. The first-order valence-electron chi connectivity index (χ1n) is 5.52. The van der Waals surface area contributed by atoms with Crippen LogP contribution in [0.15, 0.2) is 4.99 Å². The monoisotopic (exact) mass is 214 g/mol. The first-order chi connectivity index (χ1) is 6.53. The quantitative estimate of drug-likeness (QED) is 0.781. The van der Waals surface area contributed by atoms with Crippen LogP contribution in [0.4, 0.5) is 0 Å². The van der Waals surface area contributed by atoms with Crippen molar-refractivity contribution in [1.82, 2.24) is 5.32 Å². The van der Waals surface area contributed by atoms with Crippen LogP contribution in [0, 0.1) is 0 Å². The Morgan fingerprint density at radius 3 is 2.86 bits per heavy atom. The lowest BCUT2D eigenvalue weighted by atomic mass is 10.00. The van der Waals surface area contributed by atoms with Crippen molar-refractivity contribution in [2.24, 2.45) is 4.99 Å². The van der Waals surface area contributed by atoms with E-state index in [4.69, 9.17) is 0 Å². The lowest BCUT2D eigenvalue weighted by Crippen LogP contribution is -2.43. The lowest BCUT2D eigenvalue weighted by molar-refractivity contribution is 0.421. The van der Waals surface area contributed by atoms with Crippen LogP contribution in [-0.4, -0.2) is 22.5 Å². The van der Waals surface area contributed by atoms with Gasteiger partial charge in [0.2, 0.25) is 0 Å². The Bertz CT molecular complexity index is 211. The summed E-state index contributed by atoms with van der Waals surface area (Å²) in [6.45, 7) is 8.91. The van der Waals surface area contributed by atoms with Crippen LogP contribution in [-0.2, 0) is 0 Å². The predicted molar refractivity (Wildman–Crippen MR) is 66.1 cm³/mol. The van der Waals surface area contributed by atoms with Gasteiger partial charge in [-0.15, -0.1) is 0 Å². The number of nitrogens with zero attached hydrogens (tertiary/aromatic N) is 1.